The largest absolute Gasteiger partial charge is 0.483 e. The lowest BCUT2D eigenvalue weighted by atomic mass is 9.93. The Labute approximate surface area is 126 Å². The molecule has 1 heteroatoms. The van der Waals surface area contributed by atoms with Crippen LogP contribution in [0.25, 0.3) is 16.8 Å². The molecule has 0 amide bonds. The van der Waals surface area contributed by atoms with Gasteiger partial charge in [-0.25, -0.2) is 0 Å². The summed E-state index contributed by atoms with van der Waals surface area (Å²) in [5.74, 6) is 0.996. The van der Waals surface area contributed by atoms with Gasteiger partial charge in [0.1, 0.15) is 11.4 Å². The van der Waals surface area contributed by atoms with Gasteiger partial charge in [0.15, 0.2) is 0 Å². The van der Waals surface area contributed by atoms with Crippen LogP contribution in [0, 0.1) is 0 Å². The van der Waals surface area contributed by atoms with Crippen molar-refractivity contribution in [3.63, 3.8) is 0 Å². The summed E-state index contributed by atoms with van der Waals surface area (Å²) >= 11 is 0. The van der Waals surface area contributed by atoms with Crippen LogP contribution >= 0.6 is 0 Å². The van der Waals surface area contributed by atoms with E-state index in [9.17, 15) is 0 Å². The summed E-state index contributed by atoms with van der Waals surface area (Å²) in [7, 11) is 0. The minimum Gasteiger partial charge on any atom is -0.483 e. The average molecular weight is 278 g/mol. The Bertz CT molecular complexity index is 720. The van der Waals surface area contributed by atoms with Crippen molar-refractivity contribution in [2.45, 2.75) is 39.2 Å². The molecule has 0 saturated carbocycles. The Kier molecular flexibility index (Phi) is 3.59. The van der Waals surface area contributed by atoms with Crippen LogP contribution in [-0.2, 0) is 0 Å². The Hall–Kier alpha value is -2.02. The fraction of sp³-hybridized carbons (Fsp3) is 0.300. The van der Waals surface area contributed by atoms with E-state index < -0.39 is 0 Å². The molecule has 1 heterocycles. The van der Waals surface area contributed by atoms with Crippen molar-refractivity contribution >= 4 is 16.8 Å². The molecule has 108 valence electrons. The van der Waals surface area contributed by atoms with Gasteiger partial charge in [0, 0.05) is 5.56 Å². The van der Waals surface area contributed by atoms with Crippen LogP contribution in [0.5, 0.6) is 5.75 Å². The van der Waals surface area contributed by atoms with Gasteiger partial charge in [-0.05, 0) is 56.5 Å². The van der Waals surface area contributed by atoms with Crippen molar-refractivity contribution in [1.29, 1.82) is 0 Å². The molecule has 1 nitrogen and oxygen atoms in total. The van der Waals surface area contributed by atoms with Gasteiger partial charge >= 0.3 is 0 Å². The topological polar surface area (TPSA) is 9.23 Å². The van der Waals surface area contributed by atoms with E-state index in [-0.39, 0.29) is 5.60 Å². The molecule has 1 atom stereocenters. The molecule has 1 aliphatic heterocycles. The van der Waals surface area contributed by atoms with E-state index in [2.05, 4.69) is 75.4 Å². The number of benzene rings is 2. The molecule has 0 radical (unpaired) electrons. The molecule has 2 aromatic carbocycles. The van der Waals surface area contributed by atoms with Gasteiger partial charge in [-0.15, -0.1) is 0 Å². The minimum atomic E-state index is -0.207. The highest BCUT2D eigenvalue weighted by Gasteiger charge is 2.27. The Morgan fingerprint density at radius 2 is 1.95 bits per heavy atom. The van der Waals surface area contributed by atoms with Gasteiger partial charge in [0.05, 0.1) is 0 Å². The zero-order valence-electron chi connectivity index (χ0n) is 13.0. The summed E-state index contributed by atoms with van der Waals surface area (Å²) in [5, 5.41) is 2.52. The van der Waals surface area contributed by atoms with Crippen LogP contribution in [0.1, 0.15) is 39.2 Å². The molecular formula is C20H22O. The molecule has 0 fully saturated rings. The van der Waals surface area contributed by atoms with Gasteiger partial charge < -0.3 is 4.74 Å². The standard InChI is InChI=1S/C20H22O/c1-15(2)7-6-13-20(3)14-12-18-17-9-5-4-8-16(17)10-11-19(18)21-20/h4-5,7-12,14H,6,13H2,1-3H3/t20-/m1/s1. The first-order valence-corrected chi connectivity index (χ1v) is 7.61. The van der Waals surface area contributed by atoms with Crippen molar-refractivity contribution in [3.05, 3.63) is 59.7 Å². The average Bonchev–Trinajstić information content (AvgIpc) is 2.46. The quantitative estimate of drug-likeness (QED) is 0.649. The molecule has 0 bridgehead atoms. The van der Waals surface area contributed by atoms with E-state index in [4.69, 9.17) is 4.74 Å². The molecule has 3 rings (SSSR count). The normalized spacial score (nSPS) is 20.0. The third kappa shape index (κ3) is 2.87. The Morgan fingerprint density at radius 1 is 1.14 bits per heavy atom. The molecule has 0 unspecified atom stereocenters. The lowest BCUT2D eigenvalue weighted by Gasteiger charge is -2.32. The van der Waals surface area contributed by atoms with E-state index in [0.29, 0.717) is 0 Å². The molecule has 0 aromatic heterocycles. The van der Waals surface area contributed by atoms with Crippen LogP contribution in [-0.4, -0.2) is 5.60 Å². The van der Waals surface area contributed by atoms with Crippen molar-refractivity contribution in [3.8, 4) is 5.75 Å². The van der Waals surface area contributed by atoms with Gasteiger partial charge in [0.2, 0.25) is 0 Å². The minimum absolute atomic E-state index is 0.207. The van der Waals surface area contributed by atoms with E-state index in [0.717, 1.165) is 18.6 Å². The highest BCUT2D eigenvalue weighted by atomic mass is 16.5. The molecule has 2 aromatic rings. The zero-order valence-corrected chi connectivity index (χ0v) is 13.0. The lowest BCUT2D eigenvalue weighted by molar-refractivity contribution is 0.129. The Morgan fingerprint density at radius 3 is 2.76 bits per heavy atom. The van der Waals surface area contributed by atoms with Gasteiger partial charge in [-0.2, -0.15) is 0 Å². The van der Waals surface area contributed by atoms with Crippen LogP contribution in [0.15, 0.2) is 54.1 Å². The molecule has 0 spiro atoms. The van der Waals surface area contributed by atoms with Crippen molar-refractivity contribution in [2.75, 3.05) is 0 Å². The predicted octanol–water partition coefficient (Wildman–Crippen LogP) is 5.75. The second-order valence-corrected chi connectivity index (χ2v) is 6.27. The first-order chi connectivity index (χ1) is 10.1. The lowest BCUT2D eigenvalue weighted by Crippen LogP contribution is -2.31. The fourth-order valence-electron chi connectivity index (χ4n) is 2.86. The first kappa shape index (κ1) is 13.9. The predicted molar refractivity (Wildman–Crippen MR) is 90.7 cm³/mol. The third-order valence-electron chi connectivity index (χ3n) is 4.07. The summed E-state index contributed by atoms with van der Waals surface area (Å²) in [6, 6.07) is 12.7. The molecule has 21 heavy (non-hydrogen) atoms. The van der Waals surface area contributed by atoms with Gasteiger partial charge in [0.25, 0.3) is 0 Å². The Balaban J connectivity index is 1.90. The van der Waals surface area contributed by atoms with Gasteiger partial charge in [-0.1, -0.05) is 48.1 Å². The SMILES string of the molecule is CC(C)=CCC[C@]1(C)C=Cc2c(ccc3ccccc23)O1. The third-order valence-corrected chi connectivity index (χ3v) is 4.07. The second-order valence-electron chi connectivity index (χ2n) is 6.27. The number of rotatable bonds is 3. The number of allylic oxidation sites excluding steroid dienone is 2. The van der Waals surface area contributed by atoms with Crippen LogP contribution in [0.3, 0.4) is 0 Å². The fourth-order valence-corrected chi connectivity index (χ4v) is 2.86. The zero-order chi connectivity index (χ0) is 14.9. The van der Waals surface area contributed by atoms with Crippen LogP contribution in [0.2, 0.25) is 0 Å². The van der Waals surface area contributed by atoms with E-state index in [1.165, 1.54) is 21.9 Å². The summed E-state index contributed by atoms with van der Waals surface area (Å²) < 4.78 is 6.29. The smallest absolute Gasteiger partial charge is 0.128 e. The molecule has 1 aliphatic rings. The molecule has 0 aliphatic carbocycles. The monoisotopic (exact) mass is 278 g/mol. The number of hydrogen-bond donors (Lipinski definition) is 0. The molecular weight excluding hydrogens is 256 g/mol. The maximum Gasteiger partial charge on any atom is 0.128 e. The highest BCUT2D eigenvalue weighted by Crippen LogP contribution is 2.37. The van der Waals surface area contributed by atoms with Crippen molar-refractivity contribution < 1.29 is 4.74 Å². The summed E-state index contributed by atoms with van der Waals surface area (Å²) in [4.78, 5) is 0. The number of hydrogen-bond acceptors (Lipinski definition) is 1. The molecule has 0 saturated heterocycles. The maximum atomic E-state index is 6.29. The number of fused-ring (bicyclic) bond motifs is 3. The molecule has 0 N–H and O–H groups in total. The van der Waals surface area contributed by atoms with Crippen molar-refractivity contribution in [2.24, 2.45) is 0 Å². The van der Waals surface area contributed by atoms with Crippen LogP contribution in [0.4, 0.5) is 0 Å². The maximum absolute atomic E-state index is 6.29. The second kappa shape index (κ2) is 5.40. The highest BCUT2D eigenvalue weighted by molar-refractivity contribution is 5.93. The van der Waals surface area contributed by atoms with E-state index >= 15 is 0 Å². The van der Waals surface area contributed by atoms with Crippen molar-refractivity contribution in [1.82, 2.24) is 0 Å². The first-order valence-electron chi connectivity index (χ1n) is 7.61. The summed E-state index contributed by atoms with van der Waals surface area (Å²) in [6.45, 7) is 6.45. The van der Waals surface area contributed by atoms with Crippen LogP contribution < -0.4 is 4.74 Å². The van der Waals surface area contributed by atoms with E-state index in [1.807, 2.05) is 0 Å². The number of ether oxygens (including phenoxy) is 1. The summed E-state index contributed by atoms with van der Waals surface area (Å²) in [5.41, 5.74) is 2.36. The summed E-state index contributed by atoms with van der Waals surface area (Å²) in [6.07, 6.45) is 8.76. The van der Waals surface area contributed by atoms with E-state index in [1.54, 1.807) is 0 Å². The van der Waals surface area contributed by atoms with Gasteiger partial charge in [-0.3, -0.25) is 0 Å².